The molecule has 4 aromatic carbocycles. The molecule has 0 fully saturated rings. The number of aromatic nitrogens is 1. The molecule has 0 atom stereocenters. The third-order valence-corrected chi connectivity index (χ3v) is 4.51. The van der Waals surface area contributed by atoms with Gasteiger partial charge in [-0.05, 0) is 0 Å². The Morgan fingerprint density at radius 1 is 0.591 bits per heavy atom. The van der Waals surface area contributed by atoms with E-state index in [0.29, 0.717) is 0 Å². The van der Waals surface area contributed by atoms with Gasteiger partial charge in [0.25, 0.3) is 0 Å². The fourth-order valence-electron chi connectivity index (χ4n) is 3.49. The Morgan fingerprint density at radius 2 is 1.27 bits per heavy atom. The number of hydrogen-bond donors (Lipinski definition) is 0. The van der Waals surface area contributed by atoms with Gasteiger partial charge in [-0.15, -0.1) is 0 Å². The van der Waals surface area contributed by atoms with E-state index in [1.165, 1.54) is 43.0 Å². The van der Waals surface area contributed by atoms with Crippen molar-refractivity contribution in [3.8, 4) is 0 Å². The van der Waals surface area contributed by atoms with E-state index in [2.05, 4.69) is 71.6 Å². The van der Waals surface area contributed by atoms with Crippen LogP contribution in [0, 0.1) is 0 Å². The first kappa shape index (κ1) is 11.9. The van der Waals surface area contributed by atoms with E-state index in [1.807, 2.05) is 13.2 Å². The Morgan fingerprint density at radius 3 is 2.14 bits per heavy atom. The quantitative estimate of drug-likeness (QED) is 0.362. The molecule has 22 heavy (non-hydrogen) atoms. The fourth-order valence-corrected chi connectivity index (χ4v) is 3.49. The summed E-state index contributed by atoms with van der Waals surface area (Å²) in [5.74, 6) is 0. The molecule has 0 spiro atoms. The van der Waals surface area contributed by atoms with Crippen molar-refractivity contribution < 1.29 is 0 Å². The zero-order chi connectivity index (χ0) is 14.5. The summed E-state index contributed by atoms with van der Waals surface area (Å²) in [6.07, 6.45) is 1.88. The molecule has 0 aliphatic heterocycles. The predicted molar refractivity (Wildman–Crippen MR) is 95.6 cm³/mol. The van der Waals surface area contributed by atoms with Crippen LogP contribution >= 0.6 is 0 Å². The average molecular weight is 277 g/mol. The van der Waals surface area contributed by atoms with Gasteiger partial charge in [-0.1, -0.05) is 0 Å². The monoisotopic (exact) mass is 277 g/mol. The first-order valence-electron chi connectivity index (χ1n) is 7.49. The summed E-state index contributed by atoms with van der Waals surface area (Å²) in [6.45, 7) is 0. The molecule has 0 unspecified atom stereocenters. The van der Waals surface area contributed by atoms with E-state index in [0.717, 1.165) is 0 Å². The minimum atomic E-state index is 1.19. The van der Waals surface area contributed by atoms with Crippen molar-refractivity contribution in [2.45, 2.75) is 0 Å². The Kier molecular flexibility index (Phi) is 2.36. The van der Waals surface area contributed by atoms with Crippen molar-refractivity contribution in [1.29, 1.82) is 0 Å². The Hall–Kier alpha value is -2.74. The van der Waals surface area contributed by atoms with Gasteiger partial charge < -0.3 is 0 Å². The number of rotatable bonds is 0. The SMILES string of the molecule is b1nccc2c1ccc1ccc3ccc4ccccc4c3c12. The molecule has 2 heteroatoms. The first-order valence-corrected chi connectivity index (χ1v) is 7.49. The van der Waals surface area contributed by atoms with E-state index < -0.39 is 0 Å². The van der Waals surface area contributed by atoms with Crippen molar-refractivity contribution in [2.24, 2.45) is 0 Å². The average Bonchev–Trinajstić information content (AvgIpc) is 2.60. The zero-order valence-corrected chi connectivity index (χ0v) is 12.0. The minimum absolute atomic E-state index is 1.19. The van der Waals surface area contributed by atoms with Gasteiger partial charge in [0.1, 0.15) is 0 Å². The van der Waals surface area contributed by atoms with Crippen molar-refractivity contribution in [1.82, 2.24) is 4.89 Å². The molecule has 0 saturated carbocycles. The molecule has 100 valence electrons. The van der Waals surface area contributed by atoms with Gasteiger partial charge in [0, 0.05) is 0 Å². The van der Waals surface area contributed by atoms with E-state index in [4.69, 9.17) is 0 Å². The molecular formula is C20H12BN. The summed E-state index contributed by atoms with van der Waals surface area (Å²) in [4.78, 5) is 4.26. The van der Waals surface area contributed by atoms with Crippen molar-refractivity contribution in [3.05, 3.63) is 72.9 Å². The molecular weight excluding hydrogens is 265 g/mol. The van der Waals surface area contributed by atoms with Gasteiger partial charge in [-0.2, -0.15) is 0 Å². The third-order valence-electron chi connectivity index (χ3n) is 4.51. The van der Waals surface area contributed by atoms with Gasteiger partial charge in [0.05, 0.1) is 0 Å². The molecule has 0 amide bonds. The first-order chi connectivity index (χ1) is 10.9. The van der Waals surface area contributed by atoms with Gasteiger partial charge in [-0.25, -0.2) is 0 Å². The van der Waals surface area contributed by atoms with Crippen molar-refractivity contribution in [2.75, 3.05) is 0 Å². The van der Waals surface area contributed by atoms with Crippen molar-refractivity contribution >= 4 is 50.0 Å². The van der Waals surface area contributed by atoms with E-state index >= 15 is 0 Å². The van der Waals surface area contributed by atoms with Crippen LogP contribution in [0.25, 0.3) is 43.0 Å². The maximum atomic E-state index is 4.26. The molecule has 1 heterocycles. The molecule has 0 N–H and O–H groups in total. The van der Waals surface area contributed by atoms with Gasteiger partial charge >= 0.3 is 128 Å². The second-order valence-electron chi connectivity index (χ2n) is 5.71. The van der Waals surface area contributed by atoms with Gasteiger partial charge in [0.2, 0.25) is 0 Å². The van der Waals surface area contributed by atoms with E-state index in [-0.39, 0.29) is 0 Å². The number of nitrogens with zero attached hydrogens (tertiary/aromatic N) is 1. The molecule has 5 aromatic rings. The topological polar surface area (TPSA) is 12.9 Å². The van der Waals surface area contributed by atoms with Crippen molar-refractivity contribution in [3.63, 3.8) is 0 Å². The Labute approximate surface area is 128 Å². The van der Waals surface area contributed by atoms with Crippen LogP contribution in [0.4, 0.5) is 0 Å². The molecule has 1 aromatic heterocycles. The Balaban J connectivity index is 2.19. The van der Waals surface area contributed by atoms with Gasteiger partial charge in [0.15, 0.2) is 0 Å². The fraction of sp³-hybridized carbons (Fsp3) is 0. The number of fused-ring (bicyclic) bond motifs is 7. The van der Waals surface area contributed by atoms with Crippen LogP contribution in [0.5, 0.6) is 0 Å². The summed E-state index contributed by atoms with van der Waals surface area (Å²) < 4.78 is 0. The third kappa shape index (κ3) is 1.55. The van der Waals surface area contributed by atoms with Gasteiger partial charge in [-0.3, -0.25) is 0 Å². The van der Waals surface area contributed by atoms with E-state index in [1.54, 1.807) is 0 Å². The maximum absolute atomic E-state index is 4.26. The molecule has 0 radical (unpaired) electrons. The van der Waals surface area contributed by atoms with Crippen LogP contribution in [0.2, 0.25) is 0 Å². The predicted octanol–water partition coefficient (Wildman–Crippen LogP) is 5.03. The normalized spacial score (nSPS) is 11.5. The molecule has 0 aliphatic carbocycles. The molecule has 1 nitrogen and oxygen atoms in total. The van der Waals surface area contributed by atoms with Crippen LogP contribution in [0.15, 0.2) is 72.9 Å². The van der Waals surface area contributed by atoms with Crippen LogP contribution in [0.3, 0.4) is 0 Å². The number of benzene rings is 4. The van der Waals surface area contributed by atoms with Crippen LogP contribution in [-0.2, 0) is 0 Å². The Bertz CT molecular complexity index is 1070. The summed E-state index contributed by atoms with van der Waals surface area (Å²) in [6, 6.07) is 23.9. The molecule has 5 rings (SSSR count). The second kappa shape index (κ2) is 4.38. The van der Waals surface area contributed by atoms with Crippen LogP contribution in [-0.4, -0.2) is 11.9 Å². The summed E-state index contributed by atoms with van der Waals surface area (Å²) in [5, 5.41) is 10.3. The summed E-state index contributed by atoms with van der Waals surface area (Å²) >= 11 is 0. The zero-order valence-electron chi connectivity index (χ0n) is 12.0. The van der Waals surface area contributed by atoms with Crippen LogP contribution < -0.4 is 0 Å². The summed E-state index contributed by atoms with van der Waals surface area (Å²) in [5.41, 5.74) is 0. The number of hydrogen-bond acceptors (Lipinski definition) is 1. The van der Waals surface area contributed by atoms with E-state index in [9.17, 15) is 0 Å². The van der Waals surface area contributed by atoms with Crippen LogP contribution in [0.1, 0.15) is 0 Å². The standard InChI is InChI=1S/C20H12BN/c1-2-4-16-13(3-1)5-6-14-7-8-15-9-10-18-17(11-12-22-21-18)20(15)19(14)16/h1-12H. The molecule has 0 bridgehead atoms. The second-order valence-corrected chi connectivity index (χ2v) is 5.71. The molecule has 0 saturated heterocycles. The summed E-state index contributed by atoms with van der Waals surface area (Å²) in [7, 11) is 1.94. The molecule has 0 aliphatic rings.